The van der Waals surface area contributed by atoms with E-state index in [4.69, 9.17) is 4.74 Å². The molecule has 0 spiro atoms. The number of carboxylic acids is 1. The predicted molar refractivity (Wildman–Crippen MR) is 76.2 cm³/mol. The van der Waals surface area contributed by atoms with Crippen LogP contribution in [0, 0.1) is 0 Å². The number of methoxy groups -OCH3 is 1. The van der Waals surface area contributed by atoms with Crippen molar-refractivity contribution in [1.82, 2.24) is 4.90 Å². The third-order valence-corrected chi connectivity index (χ3v) is 4.57. The van der Waals surface area contributed by atoms with Crippen LogP contribution in [0.5, 0.6) is 5.75 Å². The number of benzene rings is 1. The largest absolute Gasteiger partial charge is 0.495 e. The fourth-order valence-corrected chi connectivity index (χ4v) is 3.58. The number of hydrogen-bond acceptors (Lipinski definition) is 4. The second kappa shape index (κ2) is 4.98. The van der Waals surface area contributed by atoms with Gasteiger partial charge in [-0.15, -0.1) is 0 Å². The minimum Gasteiger partial charge on any atom is -0.495 e. The van der Waals surface area contributed by atoms with Gasteiger partial charge in [-0.1, -0.05) is 12.1 Å². The van der Waals surface area contributed by atoms with Crippen LogP contribution in [0.3, 0.4) is 0 Å². The van der Waals surface area contributed by atoms with Crippen molar-refractivity contribution in [2.45, 2.75) is 30.8 Å². The maximum absolute atomic E-state index is 11.9. The highest BCUT2D eigenvalue weighted by Crippen LogP contribution is 2.40. The minimum absolute atomic E-state index is 0.0740. The molecule has 2 atom stereocenters. The predicted octanol–water partition coefficient (Wildman–Crippen LogP) is 1.80. The molecule has 2 fully saturated rings. The Morgan fingerprint density at radius 3 is 3.00 bits per heavy atom. The summed E-state index contributed by atoms with van der Waals surface area (Å²) in [4.78, 5) is 14.2. The zero-order chi connectivity index (χ0) is 14.2. The molecule has 2 aliphatic heterocycles. The van der Waals surface area contributed by atoms with E-state index < -0.39 is 11.5 Å². The van der Waals surface area contributed by atoms with E-state index in [1.165, 1.54) is 0 Å². The van der Waals surface area contributed by atoms with Crippen LogP contribution in [0.1, 0.15) is 19.3 Å². The van der Waals surface area contributed by atoms with Crippen LogP contribution in [0.2, 0.25) is 0 Å². The number of rotatable bonds is 4. The van der Waals surface area contributed by atoms with Gasteiger partial charge in [0.05, 0.1) is 12.8 Å². The van der Waals surface area contributed by atoms with Gasteiger partial charge in [0.25, 0.3) is 0 Å². The molecule has 20 heavy (non-hydrogen) atoms. The summed E-state index contributed by atoms with van der Waals surface area (Å²) < 4.78 is 5.32. The highest BCUT2D eigenvalue weighted by atomic mass is 16.5. The van der Waals surface area contributed by atoms with Crippen LogP contribution in [-0.2, 0) is 4.79 Å². The molecule has 5 nitrogen and oxygen atoms in total. The first kappa shape index (κ1) is 13.2. The molecule has 3 rings (SSSR count). The number of hydrogen-bond donors (Lipinski definition) is 2. The Kier molecular flexibility index (Phi) is 3.30. The lowest BCUT2D eigenvalue weighted by molar-refractivity contribution is -0.143. The molecule has 108 valence electrons. The van der Waals surface area contributed by atoms with Gasteiger partial charge in [0.1, 0.15) is 5.75 Å². The Morgan fingerprint density at radius 1 is 1.45 bits per heavy atom. The minimum atomic E-state index is -0.898. The standard InChI is InChI=1S/C15H20N2O3/c1-20-12-6-3-2-5-11(12)16-15(14(18)19)8-10-17-9-4-7-13(15)17/h2-3,5-6,13,16H,4,7-10H2,1H3,(H,18,19). The molecule has 2 aliphatic rings. The van der Waals surface area contributed by atoms with Gasteiger partial charge in [-0.25, -0.2) is 4.79 Å². The molecule has 0 saturated carbocycles. The molecule has 2 saturated heterocycles. The van der Waals surface area contributed by atoms with E-state index >= 15 is 0 Å². The quantitative estimate of drug-likeness (QED) is 0.878. The highest BCUT2D eigenvalue weighted by molar-refractivity contribution is 5.85. The summed E-state index contributed by atoms with van der Waals surface area (Å²) in [5, 5.41) is 13.1. The molecule has 5 heteroatoms. The van der Waals surface area contributed by atoms with Crippen molar-refractivity contribution in [2.75, 3.05) is 25.5 Å². The topological polar surface area (TPSA) is 61.8 Å². The molecule has 2 heterocycles. The lowest BCUT2D eigenvalue weighted by Gasteiger charge is -2.33. The zero-order valence-corrected chi connectivity index (χ0v) is 11.6. The van der Waals surface area contributed by atoms with E-state index in [0.29, 0.717) is 12.2 Å². The first-order valence-electron chi connectivity index (χ1n) is 7.06. The van der Waals surface area contributed by atoms with Crippen molar-refractivity contribution >= 4 is 11.7 Å². The van der Waals surface area contributed by atoms with Crippen molar-refractivity contribution < 1.29 is 14.6 Å². The van der Waals surface area contributed by atoms with Crippen LogP contribution in [0.25, 0.3) is 0 Å². The number of fused-ring (bicyclic) bond motifs is 1. The zero-order valence-electron chi connectivity index (χ0n) is 11.6. The second-order valence-corrected chi connectivity index (χ2v) is 5.55. The molecule has 0 radical (unpaired) electrons. The number of carbonyl (C=O) groups is 1. The number of nitrogens with zero attached hydrogens (tertiary/aromatic N) is 1. The number of carboxylic acid groups (broad SMARTS) is 1. The van der Waals surface area contributed by atoms with Gasteiger partial charge in [-0.05, 0) is 37.9 Å². The van der Waals surface area contributed by atoms with Crippen molar-refractivity contribution in [3.05, 3.63) is 24.3 Å². The Labute approximate surface area is 118 Å². The van der Waals surface area contributed by atoms with E-state index in [1.807, 2.05) is 24.3 Å². The Hall–Kier alpha value is -1.75. The molecule has 0 amide bonds. The maximum atomic E-state index is 11.9. The Morgan fingerprint density at radius 2 is 2.25 bits per heavy atom. The molecule has 0 bridgehead atoms. The molecular weight excluding hydrogens is 256 g/mol. The van der Waals surface area contributed by atoms with Gasteiger partial charge in [0.15, 0.2) is 5.54 Å². The molecule has 2 N–H and O–H groups in total. The highest BCUT2D eigenvalue weighted by Gasteiger charge is 2.54. The van der Waals surface area contributed by atoms with Gasteiger partial charge in [0.2, 0.25) is 0 Å². The molecule has 0 aromatic heterocycles. The molecule has 1 aromatic rings. The summed E-state index contributed by atoms with van der Waals surface area (Å²) >= 11 is 0. The summed E-state index contributed by atoms with van der Waals surface area (Å²) in [5.74, 6) is -0.0811. The normalized spacial score (nSPS) is 29.1. The van der Waals surface area contributed by atoms with Crippen LogP contribution < -0.4 is 10.1 Å². The number of para-hydroxylation sites is 2. The maximum Gasteiger partial charge on any atom is 0.331 e. The average Bonchev–Trinajstić information content (AvgIpc) is 3.03. The van der Waals surface area contributed by atoms with Gasteiger partial charge in [0, 0.05) is 12.6 Å². The van der Waals surface area contributed by atoms with Crippen LogP contribution in [0.4, 0.5) is 5.69 Å². The first-order valence-corrected chi connectivity index (χ1v) is 7.06. The summed E-state index contributed by atoms with van der Waals surface area (Å²) in [5.41, 5.74) is -0.142. The van der Waals surface area contributed by atoms with E-state index in [1.54, 1.807) is 7.11 Å². The SMILES string of the molecule is COc1ccccc1NC1(C(=O)O)CCN2CCCC21. The molecular formula is C15H20N2O3. The van der Waals surface area contributed by atoms with E-state index in [9.17, 15) is 9.90 Å². The lowest BCUT2D eigenvalue weighted by atomic mass is 9.88. The average molecular weight is 276 g/mol. The van der Waals surface area contributed by atoms with Gasteiger partial charge in [-0.2, -0.15) is 0 Å². The van der Waals surface area contributed by atoms with Crippen LogP contribution in [0.15, 0.2) is 24.3 Å². The smallest absolute Gasteiger partial charge is 0.331 e. The first-order chi connectivity index (χ1) is 9.67. The molecule has 1 aromatic carbocycles. The third kappa shape index (κ3) is 1.93. The van der Waals surface area contributed by atoms with E-state index in [-0.39, 0.29) is 6.04 Å². The number of aliphatic carboxylic acids is 1. The fourth-order valence-electron chi connectivity index (χ4n) is 3.58. The summed E-state index contributed by atoms with van der Waals surface area (Å²) in [6, 6.07) is 7.57. The fraction of sp³-hybridized carbons (Fsp3) is 0.533. The second-order valence-electron chi connectivity index (χ2n) is 5.55. The third-order valence-electron chi connectivity index (χ3n) is 4.57. The van der Waals surface area contributed by atoms with Crippen LogP contribution >= 0.6 is 0 Å². The monoisotopic (exact) mass is 276 g/mol. The van der Waals surface area contributed by atoms with E-state index in [0.717, 1.165) is 31.6 Å². The van der Waals surface area contributed by atoms with Gasteiger partial charge < -0.3 is 15.2 Å². The summed E-state index contributed by atoms with van der Waals surface area (Å²) in [6.07, 6.45) is 2.65. The Bertz CT molecular complexity index is 520. The van der Waals surface area contributed by atoms with Gasteiger partial charge in [-0.3, -0.25) is 4.90 Å². The number of anilines is 1. The molecule has 0 aliphatic carbocycles. The molecule has 2 unspecified atom stereocenters. The number of ether oxygens (including phenoxy) is 1. The van der Waals surface area contributed by atoms with Crippen molar-refractivity contribution in [2.24, 2.45) is 0 Å². The van der Waals surface area contributed by atoms with Crippen molar-refractivity contribution in [1.29, 1.82) is 0 Å². The van der Waals surface area contributed by atoms with Gasteiger partial charge >= 0.3 is 5.97 Å². The van der Waals surface area contributed by atoms with Crippen molar-refractivity contribution in [3.8, 4) is 5.75 Å². The van der Waals surface area contributed by atoms with Crippen LogP contribution in [-0.4, -0.2) is 47.8 Å². The van der Waals surface area contributed by atoms with E-state index in [2.05, 4.69) is 10.2 Å². The summed E-state index contributed by atoms with van der Waals surface area (Å²) in [6.45, 7) is 1.85. The van der Waals surface area contributed by atoms with Crippen molar-refractivity contribution in [3.63, 3.8) is 0 Å². The lowest BCUT2D eigenvalue weighted by Crippen LogP contribution is -2.54. The summed E-state index contributed by atoms with van der Waals surface area (Å²) in [7, 11) is 1.60. The number of nitrogens with one attached hydrogen (secondary N) is 1. The Balaban J connectivity index is 1.94.